The van der Waals surface area contributed by atoms with Crippen molar-refractivity contribution in [2.24, 2.45) is 0 Å². The summed E-state index contributed by atoms with van der Waals surface area (Å²) in [4.78, 5) is 0. The molecule has 0 saturated carbocycles. The zero-order valence-corrected chi connectivity index (χ0v) is 14.8. The van der Waals surface area contributed by atoms with E-state index in [-0.39, 0.29) is 26.7 Å². The first-order valence-electron chi connectivity index (χ1n) is 8.57. The SMILES string of the molecule is C.CCC(COCCOCCOCCO)OCCOCCOCCO. The molecular formula is C17H38O8. The first kappa shape index (κ1) is 26.9. The van der Waals surface area contributed by atoms with E-state index in [9.17, 15) is 0 Å². The summed E-state index contributed by atoms with van der Waals surface area (Å²) in [5.41, 5.74) is 0. The molecule has 8 nitrogen and oxygen atoms in total. The van der Waals surface area contributed by atoms with E-state index in [1.165, 1.54) is 0 Å². The number of rotatable bonds is 20. The molecule has 8 heteroatoms. The van der Waals surface area contributed by atoms with Crippen molar-refractivity contribution < 1.29 is 38.6 Å². The Balaban J connectivity index is 0. The van der Waals surface area contributed by atoms with Crippen LogP contribution in [-0.4, -0.2) is 102 Å². The predicted octanol–water partition coefficient (Wildman–Crippen LogP) is 0.485. The molecule has 0 saturated heterocycles. The van der Waals surface area contributed by atoms with E-state index in [1.807, 2.05) is 6.92 Å². The number of hydrogen-bond donors (Lipinski definition) is 2. The third-order valence-electron chi connectivity index (χ3n) is 2.93. The lowest BCUT2D eigenvalue weighted by Crippen LogP contribution is -2.23. The van der Waals surface area contributed by atoms with Gasteiger partial charge in [0.15, 0.2) is 0 Å². The van der Waals surface area contributed by atoms with Crippen molar-refractivity contribution in [3.63, 3.8) is 0 Å². The standard InChI is InChI=1S/C16H34O8.CH4/c1-2-16(24-14-13-22-10-8-20-6-4-18)15-23-12-11-21-9-7-19-5-3-17;/h16-18H,2-15H2,1H3;1H4. The maximum atomic E-state index is 8.54. The van der Waals surface area contributed by atoms with Gasteiger partial charge >= 0.3 is 0 Å². The fourth-order valence-electron chi connectivity index (χ4n) is 1.66. The van der Waals surface area contributed by atoms with Gasteiger partial charge in [-0.15, -0.1) is 0 Å². The highest BCUT2D eigenvalue weighted by Crippen LogP contribution is 1.99. The molecule has 0 aliphatic rings. The van der Waals surface area contributed by atoms with Crippen molar-refractivity contribution in [2.75, 3.05) is 85.9 Å². The van der Waals surface area contributed by atoms with Gasteiger partial charge in [0.2, 0.25) is 0 Å². The molecule has 0 aromatic carbocycles. The van der Waals surface area contributed by atoms with Crippen LogP contribution >= 0.6 is 0 Å². The van der Waals surface area contributed by atoms with Crippen LogP contribution < -0.4 is 0 Å². The van der Waals surface area contributed by atoms with Crippen LogP contribution in [0.4, 0.5) is 0 Å². The van der Waals surface area contributed by atoms with Gasteiger partial charge in [0.05, 0.1) is 92.0 Å². The molecule has 2 N–H and O–H groups in total. The Bertz CT molecular complexity index is 231. The minimum atomic E-state index is 0. The largest absolute Gasteiger partial charge is 0.394 e. The summed E-state index contributed by atoms with van der Waals surface area (Å²) < 4.78 is 32.0. The van der Waals surface area contributed by atoms with E-state index in [0.29, 0.717) is 72.7 Å². The van der Waals surface area contributed by atoms with Crippen molar-refractivity contribution in [3.8, 4) is 0 Å². The van der Waals surface area contributed by atoms with Crippen molar-refractivity contribution in [1.29, 1.82) is 0 Å². The molecule has 0 aromatic heterocycles. The molecule has 0 heterocycles. The number of aliphatic hydroxyl groups is 2. The van der Waals surface area contributed by atoms with Gasteiger partial charge in [-0.25, -0.2) is 0 Å². The van der Waals surface area contributed by atoms with Crippen LogP contribution in [0.25, 0.3) is 0 Å². The normalized spacial score (nSPS) is 12.1. The van der Waals surface area contributed by atoms with E-state index in [4.69, 9.17) is 38.6 Å². The Morgan fingerprint density at radius 3 is 1.44 bits per heavy atom. The summed E-state index contributed by atoms with van der Waals surface area (Å²) in [6, 6.07) is 0. The average molecular weight is 370 g/mol. The van der Waals surface area contributed by atoms with E-state index < -0.39 is 0 Å². The van der Waals surface area contributed by atoms with E-state index >= 15 is 0 Å². The molecule has 0 aliphatic carbocycles. The van der Waals surface area contributed by atoms with Crippen LogP contribution in [0.5, 0.6) is 0 Å². The lowest BCUT2D eigenvalue weighted by atomic mass is 10.3. The van der Waals surface area contributed by atoms with Gasteiger partial charge in [0.25, 0.3) is 0 Å². The summed E-state index contributed by atoms with van der Waals surface area (Å²) >= 11 is 0. The third-order valence-corrected chi connectivity index (χ3v) is 2.93. The average Bonchev–Trinajstić information content (AvgIpc) is 2.60. The highest BCUT2D eigenvalue weighted by Gasteiger charge is 2.06. The first-order valence-corrected chi connectivity index (χ1v) is 8.57. The molecular weight excluding hydrogens is 332 g/mol. The summed E-state index contributed by atoms with van der Waals surface area (Å²) in [5, 5.41) is 17.1. The number of ether oxygens (including phenoxy) is 6. The van der Waals surface area contributed by atoms with Gasteiger partial charge in [-0.05, 0) is 6.42 Å². The second-order valence-electron chi connectivity index (χ2n) is 4.87. The van der Waals surface area contributed by atoms with Gasteiger partial charge in [0, 0.05) is 0 Å². The van der Waals surface area contributed by atoms with Crippen LogP contribution in [0.1, 0.15) is 20.8 Å². The van der Waals surface area contributed by atoms with E-state index in [2.05, 4.69) is 0 Å². The predicted molar refractivity (Wildman–Crippen MR) is 95.0 cm³/mol. The van der Waals surface area contributed by atoms with Crippen molar-refractivity contribution in [1.82, 2.24) is 0 Å². The fraction of sp³-hybridized carbons (Fsp3) is 1.00. The maximum Gasteiger partial charge on any atom is 0.0807 e. The van der Waals surface area contributed by atoms with Gasteiger partial charge in [0.1, 0.15) is 0 Å². The Morgan fingerprint density at radius 1 is 0.600 bits per heavy atom. The van der Waals surface area contributed by atoms with Gasteiger partial charge in [-0.3, -0.25) is 0 Å². The number of hydrogen-bond acceptors (Lipinski definition) is 8. The molecule has 0 rings (SSSR count). The summed E-state index contributed by atoms with van der Waals surface area (Å²) in [6.07, 6.45) is 0.919. The second-order valence-corrected chi connectivity index (χ2v) is 4.87. The zero-order chi connectivity index (χ0) is 17.7. The Kier molecular flexibility index (Phi) is 25.5. The highest BCUT2D eigenvalue weighted by atomic mass is 16.6. The van der Waals surface area contributed by atoms with Gasteiger partial charge < -0.3 is 38.6 Å². The number of aliphatic hydroxyl groups excluding tert-OH is 2. The molecule has 0 amide bonds. The Hall–Kier alpha value is -0.320. The van der Waals surface area contributed by atoms with E-state index in [1.54, 1.807) is 0 Å². The van der Waals surface area contributed by atoms with Crippen LogP contribution in [0.3, 0.4) is 0 Å². The third kappa shape index (κ3) is 21.6. The molecule has 154 valence electrons. The van der Waals surface area contributed by atoms with Crippen molar-refractivity contribution in [2.45, 2.75) is 26.9 Å². The summed E-state index contributed by atoms with van der Waals surface area (Å²) in [6.45, 7) is 7.32. The summed E-state index contributed by atoms with van der Waals surface area (Å²) in [5.74, 6) is 0. The monoisotopic (exact) mass is 370 g/mol. The maximum absolute atomic E-state index is 8.54. The molecule has 0 aromatic rings. The molecule has 0 fully saturated rings. The first-order chi connectivity index (χ1) is 11.8. The highest BCUT2D eigenvalue weighted by molar-refractivity contribution is 4.53. The molecule has 1 unspecified atom stereocenters. The lowest BCUT2D eigenvalue weighted by molar-refractivity contribution is -0.0554. The smallest absolute Gasteiger partial charge is 0.0807 e. The zero-order valence-electron chi connectivity index (χ0n) is 14.8. The fourth-order valence-corrected chi connectivity index (χ4v) is 1.66. The molecule has 0 bridgehead atoms. The van der Waals surface area contributed by atoms with Gasteiger partial charge in [-0.2, -0.15) is 0 Å². The van der Waals surface area contributed by atoms with E-state index in [0.717, 1.165) is 6.42 Å². The second kappa shape index (κ2) is 23.7. The minimum absolute atomic E-state index is 0. The van der Waals surface area contributed by atoms with Crippen LogP contribution in [0.15, 0.2) is 0 Å². The van der Waals surface area contributed by atoms with Crippen LogP contribution in [0, 0.1) is 0 Å². The Labute approximate surface area is 152 Å². The molecule has 0 spiro atoms. The van der Waals surface area contributed by atoms with Crippen LogP contribution in [-0.2, 0) is 28.4 Å². The van der Waals surface area contributed by atoms with Crippen molar-refractivity contribution in [3.05, 3.63) is 0 Å². The Morgan fingerprint density at radius 2 is 1.00 bits per heavy atom. The molecule has 0 radical (unpaired) electrons. The van der Waals surface area contributed by atoms with Gasteiger partial charge in [-0.1, -0.05) is 14.4 Å². The minimum Gasteiger partial charge on any atom is -0.394 e. The van der Waals surface area contributed by atoms with Crippen LogP contribution in [0.2, 0.25) is 0 Å². The molecule has 25 heavy (non-hydrogen) atoms. The summed E-state index contributed by atoms with van der Waals surface area (Å²) in [7, 11) is 0. The molecule has 1 atom stereocenters. The quantitative estimate of drug-likeness (QED) is 0.299. The topological polar surface area (TPSA) is 95.8 Å². The van der Waals surface area contributed by atoms with Crippen molar-refractivity contribution >= 4 is 0 Å². The lowest BCUT2D eigenvalue weighted by Gasteiger charge is -2.16. The molecule has 0 aliphatic heterocycles.